The molecule has 1 fully saturated rings. The Labute approximate surface area is 95.4 Å². The van der Waals surface area contributed by atoms with E-state index in [4.69, 9.17) is 4.74 Å². The number of esters is 1. The molecule has 0 bridgehead atoms. The molecule has 0 aliphatic heterocycles. The first-order valence-corrected chi connectivity index (χ1v) is 6.03. The lowest BCUT2D eigenvalue weighted by Crippen LogP contribution is -2.08. The molecule has 1 N–H and O–H groups in total. The maximum absolute atomic E-state index is 11.4. The summed E-state index contributed by atoms with van der Waals surface area (Å²) in [5.74, 6) is 0.524. The minimum Gasteiger partial charge on any atom is -0.460 e. The molecule has 1 aromatic rings. The van der Waals surface area contributed by atoms with Crippen LogP contribution in [0.15, 0.2) is 6.20 Å². The second-order valence-corrected chi connectivity index (χ2v) is 4.24. The number of nitrogens with one attached hydrogen (secondary N) is 1. The second kappa shape index (κ2) is 5.14. The Balaban J connectivity index is 2.03. The molecule has 1 saturated carbocycles. The minimum absolute atomic E-state index is 0.336. The highest BCUT2D eigenvalue weighted by molar-refractivity contribution is 5.85. The van der Waals surface area contributed by atoms with E-state index in [1.165, 1.54) is 32.1 Å². The van der Waals surface area contributed by atoms with Crippen molar-refractivity contribution in [3.05, 3.63) is 17.7 Å². The van der Waals surface area contributed by atoms with Gasteiger partial charge in [-0.05, 0) is 19.8 Å². The second-order valence-electron chi connectivity index (χ2n) is 4.24. The van der Waals surface area contributed by atoms with E-state index < -0.39 is 0 Å². The molecule has 2 rings (SSSR count). The third-order valence-electron chi connectivity index (χ3n) is 3.11. The molecule has 0 aromatic carbocycles. The Morgan fingerprint density at radius 2 is 2.25 bits per heavy atom. The van der Waals surface area contributed by atoms with Gasteiger partial charge in [0.2, 0.25) is 5.82 Å². The van der Waals surface area contributed by atoms with Gasteiger partial charge < -0.3 is 9.72 Å². The summed E-state index contributed by atoms with van der Waals surface area (Å²) < 4.78 is 4.90. The lowest BCUT2D eigenvalue weighted by Gasteiger charge is -2.19. The number of rotatable bonds is 3. The molecule has 16 heavy (non-hydrogen) atoms. The predicted molar refractivity (Wildman–Crippen MR) is 60.4 cm³/mol. The summed E-state index contributed by atoms with van der Waals surface area (Å²) in [4.78, 5) is 18.6. The van der Waals surface area contributed by atoms with Crippen LogP contribution in [0.3, 0.4) is 0 Å². The molecule has 0 unspecified atom stereocenters. The van der Waals surface area contributed by atoms with Crippen molar-refractivity contribution in [2.75, 3.05) is 6.61 Å². The summed E-state index contributed by atoms with van der Waals surface area (Å²) in [6.45, 7) is 2.18. The number of aromatic amines is 1. The van der Waals surface area contributed by atoms with Gasteiger partial charge in [0.25, 0.3) is 0 Å². The smallest absolute Gasteiger partial charge is 0.374 e. The van der Waals surface area contributed by atoms with Crippen LogP contribution in [0, 0.1) is 0 Å². The predicted octanol–water partition coefficient (Wildman–Crippen LogP) is 2.63. The van der Waals surface area contributed by atoms with E-state index in [-0.39, 0.29) is 5.97 Å². The van der Waals surface area contributed by atoms with Gasteiger partial charge in [0.05, 0.1) is 6.61 Å². The van der Waals surface area contributed by atoms with Crippen molar-refractivity contribution in [1.82, 2.24) is 9.97 Å². The van der Waals surface area contributed by atoms with Gasteiger partial charge in [-0.3, -0.25) is 0 Å². The summed E-state index contributed by atoms with van der Waals surface area (Å²) in [6, 6.07) is 0. The first-order valence-electron chi connectivity index (χ1n) is 6.03. The fourth-order valence-corrected chi connectivity index (χ4v) is 2.26. The Bertz CT molecular complexity index is 354. The molecule has 0 amide bonds. The summed E-state index contributed by atoms with van der Waals surface area (Å²) in [5, 5.41) is 0. The van der Waals surface area contributed by atoms with Gasteiger partial charge in [0.1, 0.15) is 0 Å². The summed E-state index contributed by atoms with van der Waals surface area (Å²) >= 11 is 0. The van der Waals surface area contributed by atoms with E-state index in [2.05, 4.69) is 9.97 Å². The first-order chi connectivity index (χ1) is 7.81. The lowest BCUT2D eigenvalue weighted by molar-refractivity contribution is 0.0513. The maximum Gasteiger partial charge on any atom is 0.374 e. The Morgan fingerprint density at radius 3 is 2.94 bits per heavy atom. The molecule has 1 aromatic heterocycles. The third-order valence-corrected chi connectivity index (χ3v) is 3.11. The van der Waals surface area contributed by atoms with Crippen LogP contribution in [-0.4, -0.2) is 22.5 Å². The fourth-order valence-electron chi connectivity index (χ4n) is 2.26. The average Bonchev–Trinajstić information content (AvgIpc) is 2.80. The molecule has 4 nitrogen and oxygen atoms in total. The van der Waals surface area contributed by atoms with Crippen LogP contribution in [-0.2, 0) is 4.74 Å². The van der Waals surface area contributed by atoms with Crippen LogP contribution in [0.1, 0.15) is 61.3 Å². The van der Waals surface area contributed by atoms with Crippen molar-refractivity contribution in [2.45, 2.75) is 44.9 Å². The highest BCUT2D eigenvalue weighted by Crippen LogP contribution is 2.31. The van der Waals surface area contributed by atoms with E-state index in [0.717, 1.165) is 5.69 Å². The normalized spacial score (nSPS) is 17.3. The zero-order valence-corrected chi connectivity index (χ0v) is 9.66. The van der Waals surface area contributed by atoms with Gasteiger partial charge in [0.15, 0.2) is 0 Å². The van der Waals surface area contributed by atoms with Crippen LogP contribution in [0.25, 0.3) is 0 Å². The number of H-pyrrole nitrogens is 1. The SMILES string of the molecule is CCOC(=O)c1ncc(C2CCCCC2)[nH]1. The minimum atomic E-state index is -0.357. The third kappa shape index (κ3) is 2.43. The van der Waals surface area contributed by atoms with Crippen LogP contribution < -0.4 is 0 Å². The molecule has 0 atom stereocenters. The van der Waals surface area contributed by atoms with Crippen molar-refractivity contribution >= 4 is 5.97 Å². The zero-order chi connectivity index (χ0) is 11.4. The van der Waals surface area contributed by atoms with Gasteiger partial charge in [-0.25, -0.2) is 9.78 Å². The van der Waals surface area contributed by atoms with Gasteiger partial charge in [-0.2, -0.15) is 0 Å². The van der Waals surface area contributed by atoms with Crippen molar-refractivity contribution < 1.29 is 9.53 Å². The van der Waals surface area contributed by atoms with E-state index in [9.17, 15) is 4.79 Å². The van der Waals surface area contributed by atoms with Crippen molar-refractivity contribution in [3.8, 4) is 0 Å². The quantitative estimate of drug-likeness (QED) is 0.800. The first kappa shape index (κ1) is 11.2. The molecule has 1 heterocycles. The van der Waals surface area contributed by atoms with Gasteiger partial charge in [-0.1, -0.05) is 19.3 Å². The van der Waals surface area contributed by atoms with Crippen molar-refractivity contribution in [2.24, 2.45) is 0 Å². The lowest BCUT2D eigenvalue weighted by atomic mass is 9.87. The van der Waals surface area contributed by atoms with Crippen LogP contribution in [0.5, 0.6) is 0 Å². The molecule has 88 valence electrons. The summed E-state index contributed by atoms with van der Waals surface area (Å²) in [6.07, 6.45) is 8.06. The Kier molecular flexibility index (Phi) is 3.59. The van der Waals surface area contributed by atoms with Crippen LogP contribution >= 0.6 is 0 Å². The number of hydrogen-bond donors (Lipinski definition) is 1. The van der Waals surface area contributed by atoms with Gasteiger partial charge >= 0.3 is 5.97 Å². The number of hydrogen-bond acceptors (Lipinski definition) is 3. The average molecular weight is 222 g/mol. The highest BCUT2D eigenvalue weighted by Gasteiger charge is 2.19. The van der Waals surface area contributed by atoms with Crippen LogP contribution in [0.4, 0.5) is 0 Å². The van der Waals surface area contributed by atoms with E-state index in [0.29, 0.717) is 18.3 Å². The molecule has 0 radical (unpaired) electrons. The Hall–Kier alpha value is -1.32. The molecular weight excluding hydrogens is 204 g/mol. The highest BCUT2D eigenvalue weighted by atomic mass is 16.5. The van der Waals surface area contributed by atoms with E-state index in [1.54, 1.807) is 13.1 Å². The maximum atomic E-state index is 11.4. The van der Waals surface area contributed by atoms with Gasteiger partial charge in [-0.15, -0.1) is 0 Å². The number of aromatic nitrogens is 2. The topological polar surface area (TPSA) is 55.0 Å². The zero-order valence-electron chi connectivity index (χ0n) is 9.66. The Morgan fingerprint density at radius 1 is 1.50 bits per heavy atom. The van der Waals surface area contributed by atoms with Gasteiger partial charge in [0, 0.05) is 17.8 Å². The number of ether oxygens (including phenoxy) is 1. The molecular formula is C12H18N2O2. The molecule has 1 aliphatic rings. The van der Waals surface area contributed by atoms with Crippen molar-refractivity contribution in [3.63, 3.8) is 0 Å². The number of imidazole rings is 1. The largest absolute Gasteiger partial charge is 0.460 e. The van der Waals surface area contributed by atoms with E-state index in [1.807, 2.05) is 0 Å². The molecule has 0 saturated heterocycles. The van der Waals surface area contributed by atoms with Crippen molar-refractivity contribution in [1.29, 1.82) is 0 Å². The number of carbonyl (C=O) groups excluding carboxylic acids is 1. The summed E-state index contributed by atoms with van der Waals surface area (Å²) in [5.41, 5.74) is 1.09. The number of nitrogens with zero attached hydrogens (tertiary/aromatic N) is 1. The van der Waals surface area contributed by atoms with E-state index >= 15 is 0 Å². The molecule has 0 spiro atoms. The number of carbonyl (C=O) groups is 1. The fraction of sp³-hybridized carbons (Fsp3) is 0.667. The molecule has 4 heteroatoms. The van der Waals surface area contributed by atoms with Crippen LogP contribution in [0.2, 0.25) is 0 Å². The monoisotopic (exact) mass is 222 g/mol. The summed E-state index contributed by atoms with van der Waals surface area (Å²) in [7, 11) is 0. The molecule has 1 aliphatic carbocycles. The standard InChI is InChI=1S/C12H18N2O2/c1-2-16-12(15)11-13-8-10(14-11)9-6-4-3-5-7-9/h8-9H,2-7H2,1H3,(H,13,14).